The smallest absolute Gasteiger partial charge is 0.317 e. The molecule has 7 heteroatoms. The van der Waals surface area contributed by atoms with Crippen LogP contribution in [-0.4, -0.2) is 71.0 Å². The monoisotopic (exact) mass is 377 g/mol. The molecule has 2 saturated heterocycles. The lowest BCUT2D eigenvalue weighted by molar-refractivity contribution is 0.0735. The SMILES string of the molecule is CCN1CCC[C@@H](CN(C)C(=O)NC(C)C2CCCO2)[C@@H]1c1cnn(C)c1. The van der Waals surface area contributed by atoms with Gasteiger partial charge in [0.1, 0.15) is 0 Å². The number of likely N-dealkylation sites (tertiary alicyclic amines) is 1. The fraction of sp³-hybridized carbons (Fsp3) is 0.800. The molecule has 27 heavy (non-hydrogen) atoms. The van der Waals surface area contributed by atoms with Crippen molar-refractivity contribution in [3.05, 3.63) is 18.0 Å². The molecule has 152 valence electrons. The molecule has 1 N–H and O–H groups in total. The highest BCUT2D eigenvalue weighted by atomic mass is 16.5. The molecule has 0 radical (unpaired) electrons. The van der Waals surface area contributed by atoms with Crippen molar-refractivity contribution in [1.29, 1.82) is 0 Å². The Morgan fingerprint density at radius 3 is 2.89 bits per heavy atom. The molecule has 2 aliphatic rings. The summed E-state index contributed by atoms with van der Waals surface area (Å²) in [6.07, 6.45) is 8.67. The van der Waals surface area contributed by atoms with E-state index >= 15 is 0 Å². The van der Waals surface area contributed by atoms with Crippen LogP contribution in [0.3, 0.4) is 0 Å². The van der Waals surface area contributed by atoms with Gasteiger partial charge >= 0.3 is 6.03 Å². The first-order valence-electron chi connectivity index (χ1n) is 10.4. The van der Waals surface area contributed by atoms with Crippen LogP contribution in [-0.2, 0) is 11.8 Å². The molecule has 2 unspecified atom stereocenters. The van der Waals surface area contributed by atoms with Gasteiger partial charge in [0.05, 0.1) is 18.3 Å². The second kappa shape index (κ2) is 9.06. The minimum absolute atomic E-state index is 0.00319. The number of ether oxygens (including phenoxy) is 1. The fourth-order valence-corrected chi connectivity index (χ4v) is 4.60. The molecule has 0 aromatic carbocycles. The van der Waals surface area contributed by atoms with Gasteiger partial charge < -0.3 is 15.0 Å². The predicted octanol–water partition coefficient (Wildman–Crippen LogP) is 2.40. The lowest BCUT2D eigenvalue weighted by atomic mass is 9.85. The standard InChI is InChI=1S/C20H35N5O2/c1-5-25-10-6-8-16(19(25)17-12-21-24(4)14-17)13-23(3)20(26)22-15(2)18-9-7-11-27-18/h12,14-16,18-19H,5-11,13H2,1-4H3,(H,22,26)/t15?,16-,18?,19+/m0/s1. The Bertz CT molecular complexity index is 613. The summed E-state index contributed by atoms with van der Waals surface area (Å²) in [7, 11) is 3.87. The molecule has 0 saturated carbocycles. The fourth-order valence-electron chi connectivity index (χ4n) is 4.60. The number of carbonyl (C=O) groups excluding carboxylic acids is 1. The van der Waals surface area contributed by atoms with Crippen LogP contribution in [0, 0.1) is 5.92 Å². The zero-order valence-corrected chi connectivity index (χ0v) is 17.2. The minimum Gasteiger partial charge on any atom is -0.376 e. The Hall–Kier alpha value is -1.60. The summed E-state index contributed by atoms with van der Waals surface area (Å²) in [5.41, 5.74) is 1.26. The molecule has 7 nitrogen and oxygen atoms in total. The number of piperidine rings is 1. The zero-order valence-electron chi connectivity index (χ0n) is 17.2. The van der Waals surface area contributed by atoms with Gasteiger partial charge in [-0.05, 0) is 51.6 Å². The molecule has 0 spiro atoms. The molecule has 0 aliphatic carbocycles. The van der Waals surface area contributed by atoms with Crippen LogP contribution >= 0.6 is 0 Å². The summed E-state index contributed by atoms with van der Waals surface area (Å²) in [6, 6.07) is 0.370. The van der Waals surface area contributed by atoms with Crippen LogP contribution in [0.2, 0.25) is 0 Å². The molecule has 2 aliphatic heterocycles. The van der Waals surface area contributed by atoms with Gasteiger partial charge in [0.15, 0.2) is 0 Å². The maximum Gasteiger partial charge on any atom is 0.317 e. The second-order valence-corrected chi connectivity index (χ2v) is 8.09. The number of hydrogen-bond acceptors (Lipinski definition) is 4. The van der Waals surface area contributed by atoms with Gasteiger partial charge in [0, 0.05) is 45.0 Å². The van der Waals surface area contributed by atoms with E-state index in [1.165, 1.54) is 12.0 Å². The number of nitrogens with one attached hydrogen (secondary N) is 1. The lowest BCUT2D eigenvalue weighted by Gasteiger charge is -2.42. The molecular weight excluding hydrogens is 342 g/mol. The average molecular weight is 378 g/mol. The van der Waals surface area contributed by atoms with Gasteiger partial charge in [-0.3, -0.25) is 9.58 Å². The first kappa shape index (κ1) is 20.1. The molecule has 1 aromatic rings. The molecule has 4 atom stereocenters. The number of rotatable bonds is 6. The highest BCUT2D eigenvalue weighted by Crippen LogP contribution is 2.36. The van der Waals surface area contributed by atoms with Crippen LogP contribution < -0.4 is 5.32 Å². The molecule has 2 fully saturated rings. The highest BCUT2D eigenvalue weighted by molar-refractivity contribution is 5.74. The molecule has 2 amide bonds. The summed E-state index contributed by atoms with van der Waals surface area (Å²) < 4.78 is 7.57. The Morgan fingerprint density at radius 1 is 1.44 bits per heavy atom. The van der Waals surface area contributed by atoms with E-state index in [-0.39, 0.29) is 18.2 Å². The Morgan fingerprint density at radius 2 is 2.26 bits per heavy atom. The van der Waals surface area contributed by atoms with Crippen molar-refractivity contribution < 1.29 is 9.53 Å². The summed E-state index contributed by atoms with van der Waals surface area (Å²) >= 11 is 0. The van der Waals surface area contributed by atoms with Crippen molar-refractivity contribution in [1.82, 2.24) is 24.9 Å². The van der Waals surface area contributed by atoms with E-state index in [0.717, 1.165) is 45.5 Å². The third kappa shape index (κ3) is 4.82. The summed E-state index contributed by atoms with van der Waals surface area (Å²) in [4.78, 5) is 17.1. The van der Waals surface area contributed by atoms with E-state index in [9.17, 15) is 4.79 Å². The number of urea groups is 1. The van der Waals surface area contributed by atoms with Crippen molar-refractivity contribution >= 4 is 6.03 Å². The van der Waals surface area contributed by atoms with Gasteiger partial charge in [-0.1, -0.05) is 6.92 Å². The van der Waals surface area contributed by atoms with Crippen molar-refractivity contribution in [2.45, 2.75) is 57.7 Å². The number of carbonyl (C=O) groups is 1. The summed E-state index contributed by atoms with van der Waals surface area (Å²) in [5.74, 6) is 0.414. The number of aryl methyl sites for hydroxylation is 1. The maximum atomic E-state index is 12.7. The van der Waals surface area contributed by atoms with Crippen molar-refractivity contribution in [3.63, 3.8) is 0 Å². The molecule has 3 heterocycles. The van der Waals surface area contributed by atoms with Crippen LogP contribution in [0.5, 0.6) is 0 Å². The van der Waals surface area contributed by atoms with E-state index in [0.29, 0.717) is 12.0 Å². The molecule has 3 rings (SSSR count). The van der Waals surface area contributed by atoms with Gasteiger partial charge in [-0.25, -0.2) is 4.79 Å². The first-order chi connectivity index (χ1) is 13.0. The lowest BCUT2D eigenvalue weighted by Crippen LogP contribution is -2.49. The third-order valence-corrected chi connectivity index (χ3v) is 6.06. The first-order valence-corrected chi connectivity index (χ1v) is 10.4. The van der Waals surface area contributed by atoms with Crippen molar-refractivity contribution in [2.24, 2.45) is 13.0 Å². The second-order valence-electron chi connectivity index (χ2n) is 8.09. The Balaban J connectivity index is 1.63. The van der Waals surface area contributed by atoms with E-state index in [4.69, 9.17) is 4.74 Å². The Labute approximate surface area is 163 Å². The summed E-state index contributed by atoms with van der Waals surface area (Å²) in [6.45, 7) is 7.94. The maximum absolute atomic E-state index is 12.7. The largest absolute Gasteiger partial charge is 0.376 e. The quantitative estimate of drug-likeness (QED) is 0.827. The van der Waals surface area contributed by atoms with Gasteiger partial charge in [-0.2, -0.15) is 5.10 Å². The zero-order chi connectivity index (χ0) is 19.4. The number of hydrogen-bond donors (Lipinski definition) is 1. The van der Waals surface area contributed by atoms with Gasteiger partial charge in [-0.15, -0.1) is 0 Å². The summed E-state index contributed by atoms with van der Waals surface area (Å²) in [5, 5.41) is 7.50. The predicted molar refractivity (Wildman–Crippen MR) is 106 cm³/mol. The van der Waals surface area contributed by atoms with Crippen LogP contribution in [0.15, 0.2) is 12.4 Å². The Kier molecular flexibility index (Phi) is 6.76. The van der Waals surface area contributed by atoms with E-state index in [1.807, 2.05) is 36.8 Å². The number of aromatic nitrogens is 2. The molecule has 0 bridgehead atoms. The van der Waals surface area contributed by atoms with E-state index < -0.39 is 0 Å². The highest BCUT2D eigenvalue weighted by Gasteiger charge is 2.34. The molecular formula is C20H35N5O2. The van der Waals surface area contributed by atoms with E-state index in [1.54, 1.807) is 0 Å². The van der Waals surface area contributed by atoms with Crippen LogP contribution in [0.4, 0.5) is 4.79 Å². The minimum atomic E-state index is -0.00319. The number of nitrogens with zero attached hydrogens (tertiary/aromatic N) is 4. The normalized spacial score (nSPS) is 27.5. The van der Waals surface area contributed by atoms with Crippen LogP contribution in [0.1, 0.15) is 51.1 Å². The van der Waals surface area contributed by atoms with Crippen LogP contribution in [0.25, 0.3) is 0 Å². The average Bonchev–Trinajstić information content (AvgIpc) is 3.33. The van der Waals surface area contributed by atoms with Gasteiger partial charge in [0.2, 0.25) is 0 Å². The molecule has 1 aromatic heterocycles. The van der Waals surface area contributed by atoms with Gasteiger partial charge in [0.25, 0.3) is 0 Å². The number of amides is 2. The van der Waals surface area contributed by atoms with Crippen molar-refractivity contribution in [3.8, 4) is 0 Å². The topological polar surface area (TPSA) is 62.6 Å². The van der Waals surface area contributed by atoms with E-state index in [2.05, 4.69) is 28.4 Å². The third-order valence-electron chi connectivity index (χ3n) is 6.06. The van der Waals surface area contributed by atoms with Crippen molar-refractivity contribution in [2.75, 3.05) is 33.3 Å².